The number of hydrogen-bond donors (Lipinski definition) is 0. The fourth-order valence-electron chi connectivity index (χ4n) is 2.30. The van der Waals surface area contributed by atoms with E-state index >= 15 is 0 Å². The average molecular weight is 442 g/mol. The summed E-state index contributed by atoms with van der Waals surface area (Å²) in [5.41, 5.74) is 0.998. The molecular weight excluding hydrogens is 406 g/mol. The van der Waals surface area contributed by atoms with E-state index in [-0.39, 0.29) is 23.0 Å². The summed E-state index contributed by atoms with van der Waals surface area (Å²) in [7, 11) is -4.33. The molecule has 29 heavy (non-hydrogen) atoms. The molecule has 0 aromatic heterocycles. The Kier molecular flexibility index (Phi) is 9.27. The Morgan fingerprint density at radius 2 is 1.72 bits per heavy atom. The highest BCUT2D eigenvalue weighted by molar-refractivity contribution is 7.89. The Labute approximate surface area is 177 Å². The number of ether oxygens (including phenoxy) is 1. The summed E-state index contributed by atoms with van der Waals surface area (Å²) in [6.45, 7) is 13.5. The lowest BCUT2D eigenvalue weighted by atomic mass is 10.2. The van der Waals surface area contributed by atoms with Crippen LogP contribution < -0.4 is 0 Å². The highest BCUT2D eigenvalue weighted by Gasteiger charge is 2.37. The predicted molar refractivity (Wildman–Crippen MR) is 119 cm³/mol. The van der Waals surface area contributed by atoms with Crippen LogP contribution in [0.1, 0.15) is 32.8 Å². The number of methoxy groups -OCH3 is 1. The summed E-state index contributed by atoms with van der Waals surface area (Å²) in [5, 5.41) is 0.0525. The van der Waals surface area contributed by atoms with Crippen molar-refractivity contribution in [2.45, 2.75) is 57.1 Å². The number of carbonyl (C=O) groups excluding carboxylic acids is 1. The molecule has 0 amide bonds. The van der Waals surface area contributed by atoms with Gasteiger partial charge in [-0.25, -0.2) is 13.2 Å². The van der Waals surface area contributed by atoms with Crippen molar-refractivity contribution in [3.63, 3.8) is 0 Å². The van der Waals surface area contributed by atoms with Gasteiger partial charge < -0.3 is 9.16 Å². The van der Waals surface area contributed by atoms with Crippen molar-refractivity contribution in [1.82, 2.24) is 4.31 Å². The van der Waals surface area contributed by atoms with Crippen LogP contribution in [0.2, 0.25) is 18.1 Å². The highest BCUT2D eigenvalue weighted by atomic mass is 32.2. The molecule has 0 radical (unpaired) electrons. The lowest BCUT2D eigenvalue weighted by Crippen LogP contribution is -2.43. The van der Waals surface area contributed by atoms with Crippen LogP contribution in [-0.4, -0.2) is 53.8 Å². The van der Waals surface area contributed by atoms with E-state index in [0.29, 0.717) is 13.0 Å². The van der Waals surface area contributed by atoms with E-state index in [0.717, 1.165) is 5.56 Å². The lowest BCUT2D eigenvalue weighted by Gasteiger charge is -2.36. The molecule has 164 valence electrons. The van der Waals surface area contributed by atoms with Gasteiger partial charge in [-0.1, -0.05) is 44.5 Å². The maximum absolute atomic E-state index is 13.1. The SMILES string of the molecule is COC(=O)/C=C/CCN(CCO[Si](C)(C)C(C)(C)C)S(=O)(=O)c1ccc(C)cc1. The molecule has 1 aromatic carbocycles. The first kappa shape index (κ1) is 25.6. The van der Waals surface area contributed by atoms with Crippen LogP contribution in [0.25, 0.3) is 0 Å². The molecule has 0 unspecified atom stereocenters. The van der Waals surface area contributed by atoms with Gasteiger partial charge >= 0.3 is 5.97 Å². The molecule has 0 aliphatic carbocycles. The summed E-state index contributed by atoms with van der Waals surface area (Å²) >= 11 is 0. The van der Waals surface area contributed by atoms with E-state index in [4.69, 9.17) is 4.43 Å². The molecule has 0 fully saturated rings. The fraction of sp³-hybridized carbons (Fsp3) is 0.571. The molecule has 1 aromatic rings. The maximum atomic E-state index is 13.1. The number of benzene rings is 1. The lowest BCUT2D eigenvalue weighted by molar-refractivity contribution is -0.134. The summed E-state index contributed by atoms with van der Waals surface area (Å²) in [4.78, 5) is 11.5. The summed E-state index contributed by atoms with van der Waals surface area (Å²) in [6.07, 6.45) is 3.33. The zero-order chi connectivity index (χ0) is 22.3. The van der Waals surface area contributed by atoms with Gasteiger partial charge in [0.1, 0.15) is 0 Å². The van der Waals surface area contributed by atoms with Crippen LogP contribution in [0.4, 0.5) is 0 Å². The Morgan fingerprint density at radius 3 is 2.24 bits per heavy atom. The van der Waals surface area contributed by atoms with Gasteiger partial charge in [-0.15, -0.1) is 0 Å². The molecule has 1 rings (SSSR count). The van der Waals surface area contributed by atoms with Crippen LogP contribution >= 0.6 is 0 Å². The standard InChI is InChI=1S/C21H35NO5SSi/c1-18-11-13-19(14-12-18)28(24,25)22(15-9-8-10-20(23)26-5)16-17-27-29(6,7)21(2,3)4/h8,10-14H,9,15-17H2,1-7H3/b10-8+. The zero-order valence-corrected chi connectivity index (χ0v) is 20.5. The Morgan fingerprint density at radius 1 is 1.14 bits per heavy atom. The first-order chi connectivity index (χ1) is 13.3. The molecule has 0 heterocycles. The summed E-state index contributed by atoms with van der Waals surface area (Å²) < 4.78 is 38.5. The number of carbonyl (C=O) groups is 1. The monoisotopic (exact) mass is 441 g/mol. The van der Waals surface area contributed by atoms with Crippen molar-refractivity contribution in [2.24, 2.45) is 0 Å². The molecule has 0 bridgehead atoms. The van der Waals surface area contributed by atoms with E-state index in [1.165, 1.54) is 17.5 Å². The van der Waals surface area contributed by atoms with E-state index in [1.807, 2.05) is 6.92 Å². The predicted octanol–water partition coefficient (Wildman–Crippen LogP) is 4.13. The molecule has 0 aliphatic rings. The van der Waals surface area contributed by atoms with Gasteiger partial charge in [0.2, 0.25) is 10.0 Å². The van der Waals surface area contributed by atoms with Gasteiger partial charge in [-0.2, -0.15) is 4.31 Å². The minimum Gasteiger partial charge on any atom is -0.466 e. The highest BCUT2D eigenvalue weighted by Crippen LogP contribution is 2.36. The quantitative estimate of drug-likeness (QED) is 0.310. The smallest absolute Gasteiger partial charge is 0.330 e. The number of nitrogens with zero attached hydrogens (tertiary/aromatic N) is 1. The van der Waals surface area contributed by atoms with Crippen LogP contribution in [0.5, 0.6) is 0 Å². The van der Waals surface area contributed by atoms with Crippen LogP contribution in [-0.2, 0) is 24.0 Å². The van der Waals surface area contributed by atoms with E-state index in [1.54, 1.807) is 30.3 Å². The second kappa shape index (κ2) is 10.5. The molecule has 8 heteroatoms. The molecule has 0 spiro atoms. The van der Waals surface area contributed by atoms with Gasteiger partial charge in [-0.05, 0) is 43.6 Å². The van der Waals surface area contributed by atoms with E-state index < -0.39 is 24.3 Å². The molecule has 0 aliphatic heterocycles. The molecule has 0 saturated heterocycles. The normalized spacial score (nSPS) is 13.2. The molecule has 0 saturated carbocycles. The number of aryl methyl sites for hydroxylation is 1. The van der Waals surface area contributed by atoms with Gasteiger partial charge in [0.25, 0.3) is 0 Å². The molecule has 0 N–H and O–H groups in total. The Hall–Kier alpha value is -1.48. The number of hydrogen-bond acceptors (Lipinski definition) is 5. The molecule has 6 nitrogen and oxygen atoms in total. The van der Waals surface area contributed by atoms with Crippen molar-refractivity contribution in [3.8, 4) is 0 Å². The van der Waals surface area contributed by atoms with Crippen LogP contribution in [0.3, 0.4) is 0 Å². The third-order valence-corrected chi connectivity index (χ3v) is 11.7. The van der Waals surface area contributed by atoms with E-state index in [2.05, 4.69) is 38.6 Å². The third kappa shape index (κ3) is 7.69. The average Bonchev–Trinajstić information content (AvgIpc) is 2.62. The van der Waals surface area contributed by atoms with Crippen molar-refractivity contribution in [2.75, 3.05) is 26.8 Å². The first-order valence-corrected chi connectivity index (χ1v) is 14.1. The first-order valence-electron chi connectivity index (χ1n) is 9.76. The number of esters is 1. The Balaban J connectivity index is 2.95. The zero-order valence-electron chi connectivity index (χ0n) is 18.7. The van der Waals surface area contributed by atoms with Crippen molar-refractivity contribution < 1.29 is 22.4 Å². The number of rotatable bonds is 10. The van der Waals surface area contributed by atoms with Crippen molar-refractivity contribution in [3.05, 3.63) is 42.0 Å². The molecular formula is C21H35NO5SSi. The second-order valence-electron chi connectivity index (χ2n) is 8.54. The van der Waals surface area contributed by atoms with Gasteiger partial charge in [0.05, 0.1) is 12.0 Å². The topological polar surface area (TPSA) is 72.9 Å². The van der Waals surface area contributed by atoms with Gasteiger partial charge in [0.15, 0.2) is 8.32 Å². The fourth-order valence-corrected chi connectivity index (χ4v) is 4.77. The maximum Gasteiger partial charge on any atom is 0.330 e. The van der Waals surface area contributed by atoms with Gasteiger partial charge in [-0.3, -0.25) is 0 Å². The van der Waals surface area contributed by atoms with Crippen molar-refractivity contribution in [1.29, 1.82) is 0 Å². The minimum atomic E-state index is -3.66. The summed E-state index contributed by atoms with van der Waals surface area (Å²) in [6, 6.07) is 6.82. The largest absolute Gasteiger partial charge is 0.466 e. The summed E-state index contributed by atoms with van der Waals surface area (Å²) in [5.74, 6) is -0.459. The van der Waals surface area contributed by atoms with E-state index in [9.17, 15) is 13.2 Å². The van der Waals surface area contributed by atoms with Crippen molar-refractivity contribution >= 4 is 24.3 Å². The number of sulfonamides is 1. The minimum absolute atomic E-state index is 0.0525. The van der Waals surface area contributed by atoms with Crippen LogP contribution in [0.15, 0.2) is 41.3 Å². The Bertz CT molecular complexity index is 795. The van der Waals surface area contributed by atoms with Gasteiger partial charge in [0, 0.05) is 25.8 Å². The third-order valence-electron chi connectivity index (χ3n) is 5.27. The molecule has 0 atom stereocenters. The second-order valence-corrected chi connectivity index (χ2v) is 15.3. The van der Waals surface area contributed by atoms with Crippen LogP contribution in [0, 0.1) is 6.92 Å².